The van der Waals surface area contributed by atoms with Crippen LogP contribution in [-0.2, 0) is 9.59 Å². The van der Waals surface area contributed by atoms with Gasteiger partial charge in [0.2, 0.25) is 5.91 Å². The van der Waals surface area contributed by atoms with E-state index in [0.717, 1.165) is 6.42 Å². The van der Waals surface area contributed by atoms with Crippen LogP contribution in [0.25, 0.3) is 0 Å². The van der Waals surface area contributed by atoms with Crippen molar-refractivity contribution in [3.63, 3.8) is 0 Å². The largest absolute Gasteiger partial charge is 0.480 e. The van der Waals surface area contributed by atoms with Crippen molar-refractivity contribution < 1.29 is 19.5 Å². The van der Waals surface area contributed by atoms with Crippen LogP contribution in [0, 0.1) is 5.92 Å². The van der Waals surface area contributed by atoms with Crippen molar-refractivity contribution in [2.75, 3.05) is 20.1 Å². The molecule has 0 spiro atoms. The summed E-state index contributed by atoms with van der Waals surface area (Å²) in [5.41, 5.74) is 0. The maximum Gasteiger partial charge on any atom is 0.322 e. The Kier molecular flexibility index (Phi) is 7.55. The van der Waals surface area contributed by atoms with Gasteiger partial charge in [0, 0.05) is 13.1 Å². The Morgan fingerprint density at radius 3 is 2.16 bits per heavy atom. The summed E-state index contributed by atoms with van der Waals surface area (Å²) in [6, 6.07) is -0.277. The number of amides is 3. The van der Waals surface area contributed by atoms with Gasteiger partial charge in [0.1, 0.15) is 6.54 Å². The molecule has 0 radical (unpaired) electrons. The Bertz CT molecular complexity index is 331. The minimum absolute atomic E-state index is 0.0714. The van der Waals surface area contributed by atoms with Crippen LogP contribution in [-0.4, -0.2) is 54.1 Å². The summed E-state index contributed by atoms with van der Waals surface area (Å²) in [7, 11) is 1.66. The van der Waals surface area contributed by atoms with Crippen LogP contribution >= 0.6 is 0 Å². The van der Waals surface area contributed by atoms with Crippen molar-refractivity contribution in [3.8, 4) is 0 Å². The summed E-state index contributed by atoms with van der Waals surface area (Å²) in [5.74, 6) is -1.17. The molecule has 0 aromatic heterocycles. The van der Waals surface area contributed by atoms with Crippen molar-refractivity contribution >= 4 is 17.9 Å². The fourth-order valence-electron chi connectivity index (χ4n) is 1.56. The maximum absolute atomic E-state index is 11.7. The minimum atomic E-state index is -1.12. The first kappa shape index (κ1) is 17.2. The van der Waals surface area contributed by atoms with Crippen LogP contribution in [0.1, 0.15) is 27.2 Å². The Morgan fingerprint density at radius 1 is 1.11 bits per heavy atom. The molecule has 1 unspecified atom stereocenters. The van der Waals surface area contributed by atoms with Gasteiger partial charge in [-0.05, 0) is 19.3 Å². The molecule has 110 valence electrons. The third kappa shape index (κ3) is 8.01. The Morgan fingerprint density at radius 2 is 1.68 bits per heavy atom. The SMILES string of the molecule is CC(C)CC(C)N(C)C(=O)NCC(=O)NCC(=O)O. The number of carboxylic acid groups (broad SMARTS) is 1. The molecule has 0 aromatic rings. The monoisotopic (exact) mass is 273 g/mol. The molecular formula is C12H23N3O4. The quantitative estimate of drug-likeness (QED) is 0.619. The third-order valence-electron chi connectivity index (χ3n) is 2.63. The molecule has 7 nitrogen and oxygen atoms in total. The van der Waals surface area contributed by atoms with E-state index < -0.39 is 18.4 Å². The van der Waals surface area contributed by atoms with Crippen molar-refractivity contribution in [2.24, 2.45) is 5.92 Å². The molecule has 1 atom stereocenters. The van der Waals surface area contributed by atoms with Crippen LogP contribution in [0.5, 0.6) is 0 Å². The Hall–Kier alpha value is -1.79. The first-order valence-corrected chi connectivity index (χ1v) is 6.23. The Labute approximate surface area is 113 Å². The molecule has 7 heteroatoms. The van der Waals surface area contributed by atoms with Gasteiger partial charge in [-0.25, -0.2) is 4.79 Å². The zero-order valence-electron chi connectivity index (χ0n) is 11.9. The topological polar surface area (TPSA) is 98.7 Å². The molecule has 0 bridgehead atoms. The number of urea groups is 1. The molecule has 0 saturated heterocycles. The summed E-state index contributed by atoms with van der Waals surface area (Å²) in [5, 5.41) is 13.0. The summed E-state index contributed by atoms with van der Waals surface area (Å²) in [6.07, 6.45) is 0.870. The lowest BCUT2D eigenvalue weighted by atomic mass is 10.0. The molecule has 0 aliphatic heterocycles. The van der Waals surface area contributed by atoms with Crippen LogP contribution < -0.4 is 10.6 Å². The van der Waals surface area contributed by atoms with Crippen molar-refractivity contribution in [1.29, 1.82) is 0 Å². The average Bonchev–Trinajstić information content (AvgIpc) is 2.31. The van der Waals surface area contributed by atoms with Crippen LogP contribution in [0.3, 0.4) is 0 Å². The van der Waals surface area contributed by atoms with Crippen molar-refractivity contribution in [1.82, 2.24) is 15.5 Å². The fraction of sp³-hybridized carbons (Fsp3) is 0.750. The predicted molar refractivity (Wildman–Crippen MR) is 70.7 cm³/mol. The second kappa shape index (κ2) is 8.34. The smallest absolute Gasteiger partial charge is 0.322 e. The van der Waals surface area contributed by atoms with E-state index in [9.17, 15) is 14.4 Å². The summed E-state index contributed by atoms with van der Waals surface area (Å²) >= 11 is 0. The molecule has 0 rings (SSSR count). The van der Waals surface area contributed by atoms with Gasteiger partial charge < -0.3 is 20.6 Å². The van der Waals surface area contributed by atoms with E-state index in [0.29, 0.717) is 5.92 Å². The second-order valence-corrected chi connectivity index (χ2v) is 4.92. The molecule has 0 heterocycles. The minimum Gasteiger partial charge on any atom is -0.480 e. The van der Waals surface area contributed by atoms with Crippen LogP contribution in [0.4, 0.5) is 4.79 Å². The zero-order valence-corrected chi connectivity index (χ0v) is 11.9. The first-order chi connectivity index (χ1) is 8.73. The van der Waals surface area contributed by atoms with E-state index in [1.54, 1.807) is 7.05 Å². The van der Waals surface area contributed by atoms with E-state index in [2.05, 4.69) is 24.5 Å². The highest BCUT2D eigenvalue weighted by molar-refractivity contribution is 5.86. The van der Waals surface area contributed by atoms with E-state index in [1.165, 1.54) is 4.90 Å². The van der Waals surface area contributed by atoms with Gasteiger partial charge in [0.15, 0.2) is 0 Å². The van der Waals surface area contributed by atoms with E-state index in [4.69, 9.17) is 5.11 Å². The van der Waals surface area contributed by atoms with Crippen LogP contribution in [0.15, 0.2) is 0 Å². The summed E-state index contributed by atoms with van der Waals surface area (Å²) in [4.78, 5) is 34.7. The van der Waals surface area contributed by atoms with Crippen molar-refractivity contribution in [3.05, 3.63) is 0 Å². The second-order valence-electron chi connectivity index (χ2n) is 4.92. The first-order valence-electron chi connectivity index (χ1n) is 6.23. The highest BCUT2D eigenvalue weighted by Gasteiger charge is 2.17. The lowest BCUT2D eigenvalue weighted by Gasteiger charge is -2.26. The molecule has 0 saturated carbocycles. The lowest BCUT2D eigenvalue weighted by molar-refractivity contribution is -0.137. The van der Waals surface area contributed by atoms with Crippen molar-refractivity contribution in [2.45, 2.75) is 33.2 Å². The van der Waals surface area contributed by atoms with Gasteiger partial charge >= 0.3 is 12.0 Å². The van der Waals surface area contributed by atoms with Gasteiger partial charge in [-0.2, -0.15) is 0 Å². The fourth-order valence-corrected chi connectivity index (χ4v) is 1.56. The van der Waals surface area contributed by atoms with Gasteiger partial charge in [-0.1, -0.05) is 13.8 Å². The van der Waals surface area contributed by atoms with Gasteiger partial charge in [0.25, 0.3) is 0 Å². The number of nitrogens with zero attached hydrogens (tertiary/aromatic N) is 1. The van der Waals surface area contributed by atoms with Crippen LogP contribution in [0.2, 0.25) is 0 Å². The normalized spacial score (nSPS) is 11.8. The summed E-state index contributed by atoms with van der Waals surface area (Å²) < 4.78 is 0. The molecule has 19 heavy (non-hydrogen) atoms. The van der Waals surface area contributed by atoms with Gasteiger partial charge in [-0.3, -0.25) is 9.59 Å². The number of rotatable bonds is 7. The Balaban J connectivity index is 4.02. The predicted octanol–water partition coefficient (Wildman–Crippen LogP) is 0.263. The number of aliphatic carboxylic acids is 1. The number of carbonyl (C=O) groups excluding carboxylic acids is 2. The lowest BCUT2D eigenvalue weighted by Crippen LogP contribution is -2.46. The molecule has 0 aromatic carbocycles. The molecule has 0 fully saturated rings. The maximum atomic E-state index is 11.7. The van der Waals surface area contributed by atoms with E-state index >= 15 is 0 Å². The molecule has 0 aliphatic carbocycles. The average molecular weight is 273 g/mol. The van der Waals surface area contributed by atoms with Gasteiger partial charge in [0.05, 0.1) is 6.54 Å². The third-order valence-corrected chi connectivity index (χ3v) is 2.63. The molecule has 3 N–H and O–H groups in total. The number of carbonyl (C=O) groups is 3. The number of hydrogen-bond donors (Lipinski definition) is 3. The highest BCUT2D eigenvalue weighted by Crippen LogP contribution is 2.09. The molecule has 3 amide bonds. The highest BCUT2D eigenvalue weighted by atomic mass is 16.4. The number of nitrogens with one attached hydrogen (secondary N) is 2. The number of hydrogen-bond acceptors (Lipinski definition) is 3. The standard InChI is InChI=1S/C12H23N3O4/c1-8(2)5-9(3)15(4)12(19)14-6-10(16)13-7-11(17)18/h8-9H,5-7H2,1-4H3,(H,13,16)(H,14,19)(H,17,18). The molecule has 0 aliphatic rings. The van der Waals surface area contributed by atoms with Gasteiger partial charge in [-0.15, -0.1) is 0 Å². The number of carboxylic acids is 1. The van der Waals surface area contributed by atoms with E-state index in [1.807, 2.05) is 6.92 Å². The summed E-state index contributed by atoms with van der Waals surface area (Å²) in [6.45, 7) is 5.40. The molecular weight excluding hydrogens is 250 g/mol. The van der Waals surface area contributed by atoms with E-state index in [-0.39, 0.29) is 18.6 Å². The zero-order chi connectivity index (χ0) is 15.0.